The van der Waals surface area contributed by atoms with Crippen LogP contribution >= 0.6 is 27.5 Å². The highest BCUT2D eigenvalue weighted by Crippen LogP contribution is 2.23. The van der Waals surface area contributed by atoms with E-state index in [0.717, 1.165) is 10.0 Å². The van der Waals surface area contributed by atoms with Crippen molar-refractivity contribution in [3.63, 3.8) is 0 Å². The second kappa shape index (κ2) is 7.31. The number of ether oxygens (including phenoxy) is 1. The maximum Gasteiger partial charge on any atom is 0.258 e. The van der Waals surface area contributed by atoms with Gasteiger partial charge >= 0.3 is 0 Å². The lowest BCUT2D eigenvalue weighted by Crippen LogP contribution is -2.28. The van der Waals surface area contributed by atoms with E-state index in [-0.39, 0.29) is 12.5 Å². The van der Waals surface area contributed by atoms with Crippen LogP contribution in [0.2, 0.25) is 5.02 Å². The third kappa shape index (κ3) is 4.54. The molecule has 20 heavy (non-hydrogen) atoms. The fourth-order valence-corrected chi connectivity index (χ4v) is 2.22. The van der Waals surface area contributed by atoms with Crippen LogP contribution < -0.4 is 10.1 Å². The molecule has 0 spiro atoms. The van der Waals surface area contributed by atoms with Gasteiger partial charge in [-0.1, -0.05) is 35.9 Å². The monoisotopic (exact) mass is 353 g/mol. The second-order valence-corrected chi connectivity index (χ2v) is 5.42. The van der Waals surface area contributed by atoms with Gasteiger partial charge < -0.3 is 10.1 Å². The van der Waals surface area contributed by atoms with Crippen LogP contribution in [0.4, 0.5) is 0 Å². The lowest BCUT2D eigenvalue weighted by molar-refractivity contribution is -0.123. The van der Waals surface area contributed by atoms with Crippen molar-refractivity contribution in [2.24, 2.45) is 0 Å². The molecule has 2 aromatic carbocycles. The Bertz CT molecular complexity index is 604. The molecule has 2 aromatic rings. The smallest absolute Gasteiger partial charge is 0.258 e. The average molecular weight is 355 g/mol. The van der Waals surface area contributed by atoms with Crippen molar-refractivity contribution >= 4 is 33.4 Å². The quantitative estimate of drug-likeness (QED) is 0.887. The Kier molecular flexibility index (Phi) is 5.44. The Morgan fingerprint density at radius 3 is 2.75 bits per heavy atom. The predicted octanol–water partition coefficient (Wildman–Crippen LogP) is 3.80. The number of hydrogen-bond acceptors (Lipinski definition) is 2. The maximum atomic E-state index is 11.7. The minimum Gasteiger partial charge on any atom is -0.483 e. The van der Waals surface area contributed by atoms with E-state index in [2.05, 4.69) is 21.2 Å². The Balaban J connectivity index is 1.80. The van der Waals surface area contributed by atoms with Gasteiger partial charge in [-0.05, 0) is 45.8 Å². The molecule has 0 saturated carbocycles. The number of rotatable bonds is 5. The first-order valence-electron chi connectivity index (χ1n) is 6.03. The third-order valence-corrected chi connectivity index (χ3v) is 3.46. The summed E-state index contributed by atoms with van der Waals surface area (Å²) in [7, 11) is 0. The van der Waals surface area contributed by atoms with Crippen molar-refractivity contribution in [1.82, 2.24) is 5.32 Å². The summed E-state index contributed by atoms with van der Waals surface area (Å²) in [5, 5.41) is 3.43. The van der Waals surface area contributed by atoms with Crippen LogP contribution in [0.25, 0.3) is 0 Å². The summed E-state index contributed by atoms with van der Waals surface area (Å²) in [6, 6.07) is 14.8. The number of halogens is 2. The molecule has 0 radical (unpaired) electrons. The zero-order chi connectivity index (χ0) is 14.4. The number of benzene rings is 2. The zero-order valence-corrected chi connectivity index (χ0v) is 12.9. The van der Waals surface area contributed by atoms with E-state index in [1.807, 2.05) is 36.4 Å². The predicted molar refractivity (Wildman–Crippen MR) is 82.9 cm³/mol. The molecule has 0 aliphatic rings. The Morgan fingerprint density at radius 2 is 2.00 bits per heavy atom. The number of hydrogen-bond donors (Lipinski definition) is 1. The van der Waals surface area contributed by atoms with Crippen molar-refractivity contribution in [2.45, 2.75) is 6.54 Å². The highest BCUT2D eigenvalue weighted by atomic mass is 79.9. The van der Waals surface area contributed by atoms with Crippen LogP contribution in [-0.2, 0) is 11.3 Å². The first kappa shape index (κ1) is 14.9. The lowest BCUT2D eigenvalue weighted by Gasteiger charge is -2.09. The zero-order valence-electron chi connectivity index (χ0n) is 10.6. The molecule has 2 rings (SSSR count). The van der Waals surface area contributed by atoms with Gasteiger partial charge in [0.2, 0.25) is 0 Å². The molecule has 0 saturated heterocycles. The van der Waals surface area contributed by atoms with Gasteiger partial charge in [-0.2, -0.15) is 0 Å². The Labute approximate surface area is 131 Å². The van der Waals surface area contributed by atoms with Crippen molar-refractivity contribution in [2.75, 3.05) is 6.61 Å². The summed E-state index contributed by atoms with van der Waals surface area (Å²) in [5.74, 6) is 0.464. The summed E-state index contributed by atoms with van der Waals surface area (Å²) >= 11 is 9.23. The number of nitrogens with one attached hydrogen (secondary N) is 1. The van der Waals surface area contributed by atoms with Gasteiger partial charge in [0.1, 0.15) is 5.75 Å². The Hall–Kier alpha value is -1.52. The van der Waals surface area contributed by atoms with E-state index in [1.165, 1.54) is 0 Å². The van der Waals surface area contributed by atoms with E-state index in [0.29, 0.717) is 17.3 Å². The van der Waals surface area contributed by atoms with Crippen LogP contribution in [0.5, 0.6) is 5.75 Å². The molecule has 0 unspecified atom stereocenters. The normalized spacial score (nSPS) is 10.1. The molecule has 0 aliphatic carbocycles. The van der Waals surface area contributed by atoms with Crippen LogP contribution in [0, 0.1) is 0 Å². The molecule has 104 valence electrons. The molecule has 1 amide bonds. The number of carbonyl (C=O) groups is 1. The average Bonchev–Trinajstić information content (AvgIpc) is 2.44. The molecule has 5 heteroatoms. The standard InChI is InChI=1S/C15H13BrClNO2/c16-13-6-1-2-7-14(13)20-10-15(19)18-9-11-4-3-5-12(17)8-11/h1-8H,9-10H2,(H,18,19). The number of para-hydroxylation sites is 1. The maximum absolute atomic E-state index is 11.7. The largest absolute Gasteiger partial charge is 0.483 e. The molecule has 0 aliphatic heterocycles. The van der Waals surface area contributed by atoms with Crippen LogP contribution in [0.15, 0.2) is 53.0 Å². The van der Waals surface area contributed by atoms with Crippen LogP contribution in [-0.4, -0.2) is 12.5 Å². The van der Waals surface area contributed by atoms with Crippen molar-refractivity contribution in [3.05, 3.63) is 63.6 Å². The molecule has 0 fully saturated rings. The molecule has 0 aromatic heterocycles. The van der Waals surface area contributed by atoms with Gasteiger partial charge in [-0.25, -0.2) is 0 Å². The minimum atomic E-state index is -0.180. The van der Waals surface area contributed by atoms with Gasteiger partial charge in [0.05, 0.1) is 4.47 Å². The number of carbonyl (C=O) groups excluding carboxylic acids is 1. The summed E-state index contributed by atoms with van der Waals surface area (Å²) in [6.07, 6.45) is 0. The van der Waals surface area contributed by atoms with Crippen molar-refractivity contribution < 1.29 is 9.53 Å². The fraction of sp³-hybridized carbons (Fsp3) is 0.133. The lowest BCUT2D eigenvalue weighted by atomic mass is 10.2. The third-order valence-electron chi connectivity index (χ3n) is 2.57. The number of amides is 1. The first-order chi connectivity index (χ1) is 9.65. The van der Waals surface area contributed by atoms with Crippen LogP contribution in [0.3, 0.4) is 0 Å². The van der Waals surface area contributed by atoms with E-state index in [4.69, 9.17) is 16.3 Å². The summed E-state index contributed by atoms with van der Waals surface area (Å²) < 4.78 is 6.25. The van der Waals surface area contributed by atoms with E-state index < -0.39 is 0 Å². The summed E-state index contributed by atoms with van der Waals surface area (Å²) in [6.45, 7) is 0.405. The molecule has 3 nitrogen and oxygen atoms in total. The van der Waals surface area contributed by atoms with Crippen molar-refractivity contribution in [3.8, 4) is 5.75 Å². The molecular formula is C15H13BrClNO2. The van der Waals surface area contributed by atoms with E-state index >= 15 is 0 Å². The SMILES string of the molecule is O=C(COc1ccccc1Br)NCc1cccc(Cl)c1. The first-order valence-corrected chi connectivity index (χ1v) is 7.21. The van der Waals surface area contributed by atoms with Gasteiger partial charge in [-0.15, -0.1) is 0 Å². The molecule has 0 atom stereocenters. The fourth-order valence-electron chi connectivity index (χ4n) is 1.60. The minimum absolute atomic E-state index is 0.0246. The van der Waals surface area contributed by atoms with Crippen molar-refractivity contribution in [1.29, 1.82) is 0 Å². The van der Waals surface area contributed by atoms with Gasteiger partial charge in [0.25, 0.3) is 5.91 Å². The van der Waals surface area contributed by atoms with Crippen LogP contribution in [0.1, 0.15) is 5.56 Å². The van der Waals surface area contributed by atoms with E-state index in [1.54, 1.807) is 12.1 Å². The second-order valence-electron chi connectivity index (χ2n) is 4.13. The topological polar surface area (TPSA) is 38.3 Å². The highest BCUT2D eigenvalue weighted by Gasteiger charge is 2.05. The Morgan fingerprint density at radius 1 is 1.20 bits per heavy atom. The van der Waals surface area contributed by atoms with Gasteiger partial charge in [0.15, 0.2) is 6.61 Å². The molecular weight excluding hydrogens is 342 g/mol. The highest BCUT2D eigenvalue weighted by molar-refractivity contribution is 9.10. The molecule has 0 heterocycles. The molecule has 1 N–H and O–H groups in total. The molecule has 0 bridgehead atoms. The summed E-state index contributed by atoms with van der Waals surface area (Å²) in [4.78, 5) is 11.7. The van der Waals surface area contributed by atoms with E-state index in [9.17, 15) is 4.79 Å². The summed E-state index contributed by atoms with van der Waals surface area (Å²) in [5.41, 5.74) is 0.951. The van der Waals surface area contributed by atoms with Gasteiger partial charge in [0, 0.05) is 11.6 Å². The van der Waals surface area contributed by atoms with Gasteiger partial charge in [-0.3, -0.25) is 4.79 Å².